The first-order valence-electron chi connectivity index (χ1n) is 6.66. The van der Waals surface area contributed by atoms with Crippen LogP contribution < -0.4 is 5.32 Å². The summed E-state index contributed by atoms with van der Waals surface area (Å²) in [5.74, 6) is 0. The van der Waals surface area contributed by atoms with Crippen LogP contribution in [0.3, 0.4) is 0 Å². The molecule has 0 amide bonds. The fourth-order valence-electron chi connectivity index (χ4n) is 1.93. The predicted molar refractivity (Wildman–Crippen MR) is 78.2 cm³/mol. The zero-order chi connectivity index (χ0) is 13.5. The average molecular weight is 259 g/mol. The van der Waals surface area contributed by atoms with Gasteiger partial charge in [-0.3, -0.25) is 0 Å². The monoisotopic (exact) mass is 259 g/mol. The average Bonchev–Trinajstić information content (AvgIpc) is 2.84. The fraction of sp³-hybridized carbons (Fsp3) is 0.400. The summed E-state index contributed by atoms with van der Waals surface area (Å²) in [6, 6.07) is 6.03. The summed E-state index contributed by atoms with van der Waals surface area (Å²) in [7, 11) is 1.72. The van der Waals surface area contributed by atoms with Crippen molar-refractivity contribution in [1.29, 1.82) is 0 Å². The van der Waals surface area contributed by atoms with E-state index in [0.29, 0.717) is 0 Å². The smallest absolute Gasteiger partial charge is 0.137 e. The molecule has 0 spiro atoms. The predicted octanol–water partition coefficient (Wildman–Crippen LogP) is 2.36. The van der Waals surface area contributed by atoms with Crippen LogP contribution in [0.25, 0.3) is 11.7 Å². The third kappa shape index (κ3) is 3.91. The summed E-state index contributed by atoms with van der Waals surface area (Å²) in [6.45, 7) is 4.66. The van der Waals surface area contributed by atoms with Gasteiger partial charge in [-0.25, -0.2) is 4.98 Å². The van der Waals surface area contributed by atoms with Gasteiger partial charge in [-0.1, -0.05) is 18.6 Å². The van der Waals surface area contributed by atoms with E-state index in [1.807, 2.05) is 28.8 Å². The Hall–Kier alpha value is -1.65. The van der Waals surface area contributed by atoms with Gasteiger partial charge in [0.05, 0.1) is 12.3 Å². The molecule has 2 aromatic heterocycles. The zero-order valence-corrected chi connectivity index (χ0v) is 11.6. The molecule has 0 saturated heterocycles. The van der Waals surface area contributed by atoms with E-state index in [9.17, 15) is 0 Å². The van der Waals surface area contributed by atoms with E-state index in [-0.39, 0.29) is 0 Å². The third-order valence-corrected chi connectivity index (χ3v) is 3.02. The minimum absolute atomic E-state index is 0.741. The molecule has 0 unspecified atom stereocenters. The van der Waals surface area contributed by atoms with Crippen LogP contribution in [0.4, 0.5) is 0 Å². The lowest BCUT2D eigenvalue weighted by molar-refractivity contribution is 0.200. The second-order valence-electron chi connectivity index (χ2n) is 4.46. The van der Waals surface area contributed by atoms with Gasteiger partial charge in [0.15, 0.2) is 0 Å². The van der Waals surface area contributed by atoms with Gasteiger partial charge in [-0.2, -0.15) is 0 Å². The Balaban J connectivity index is 2.04. The second kappa shape index (κ2) is 7.07. The maximum atomic E-state index is 5.02. The van der Waals surface area contributed by atoms with Crippen molar-refractivity contribution in [1.82, 2.24) is 14.7 Å². The first-order chi connectivity index (χ1) is 9.33. The van der Waals surface area contributed by atoms with E-state index in [1.54, 1.807) is 7.11 Å². The van der Waals surface area contributed by atoms with Gasteiger partial charge < -0.3 is 14.5 Å². The highest BCUT2D eigenvalue weighted by atomic mass is 16.5. The number of rotatable bonds is 7. The van der Waals surface area contributed by atoms with Gasteiger partial charge in [0.1, 0.15) is 5.65 Å². The van der Waals surface area contributed by atoms with Crippen LogP contribution in [0.2, 0.25) is 0 Å². The van der Waals surface area contributed by atoms with Crippen LogP contribution in [0.5, 0.6) is 0 Å². The van der Waals surface area contributed by atoms with Gasteiger partial charge in [0.25, 0.3) is 0 Å². The normalized spacial score (nSPS) is 12.2. The van der Waals surface area contributed by atoms with E-state index in [4.69, 9.17) is 4.74 Å². The summed E-state index contributed by atoms with van der Waals surface area (Å²) >= 11 is 0. The number of ether oxygens (including phenoxy) is 1. The molecule has 2 aromatic rings. The lowest BCUT2D eigenvalue weighted by atomic mass is 10.1. The standard InChI is InChI=1S/C15H21N3O/c1-3-13(11-16-7-9-19-2)10-14-12-18-8-5-4-6-15(18)17-14/h4-6,8,10,12,16H,3,7,9,11H2,1-2H3. The first kappa shape index (κ1) is 13.8. The highest BCUT2D eigenvalue weighted by molar-refractivity contribution is 5.54. The molecule has 0 atom stereocenters. The molecule has 0 saturated carbocycles. The topological polar surface area (TPSA) is 38.6 Å². The molecule has 1 N–H and O–H groups in total. The summed E-state index contributed by atoms with van der Waals surface area (Å²) < 4.78 is 7.06. The molecule has 0 aliphatic carbocycles. The third-order valence-electron chi connectivity index (χ3n) is 3.02. The number of hydrogen-bond acceptors (Lipinski definition) is 3. The summed E-state index contributed by atoms with van der Waals surface area (Å²) in [5, 5.41) is 3.36. The summed E-state index contributed by atoms with van der Waals surface area (Å²) in [4.78, 5) is 4.58. The molecular formula is C15H21N3O. The Morgan fingerprint density at radius 2 is 2.37 bits per heavy atom. The van der Waals surface area contributed by atoms with Crippen molar-refractivity contribution in [2.75, 3.05) is 26.8 Å². The molecular weight excluding hydrogens is 238 g/mol. The van der Waals surface area contributed by atoms with Gasteiger partial charge in [0.2, 0.25) is 0 Å². The Morgan fingerprint density at radius 3 is 3.11 bits per heavy atom. The van der Waals surface area contributed by atoms with Gasteiger partial charge in [-0.15, -0.1) is 0 Å². The molecule has 0 bridgehead atoms. The molecule has 4 nitrogen and oxygen atoms in total. The van der Waals surface area contributed by atoms with E-state index in [2.05, 4.69) is 29.5 Å². The molecule has 0 aliphatic heterocycles. The maximum Gasteiger partial charge on any atom is 0.137 e. The van der Waals surface area contributed by atoms with Crippen molar-refractivity contribution in [3.05, 3.63) is 41.9 Å². The summed E-state index contributed by atoms with van der Waals surface area (Å²) in [6.07, 6.45) is 7.25. The SMILES string of the molecule is CCC(=Cc1cn2ccccc2n1)CNCCOC. The highest BCUT2D eigenvalue weighted by Gasteiger charge is 2.00. The number of nitrogens with one attached hydrogen (secondary N) is 1. The van der Waals surface area contributed by atoms with Gasteiger partial charge in [0, 0.05) is 32.6 Å². The van der Waals surface area contributed by atoms with Crippen LogP contribution >= 0.6 is 0 Å². The molecule has 102 valence electrons. The maximum absolute atomic E-state index is 5.02. The Morgan fingerprint density at radius 1 is 1.47 bits per heavy atom. The number of aromatic nitrogens is 2. The van der Waals surface area contributed by atoms with Crippen molar-refractivity contribution in [3.8, 4) is 0 Å². The molecule has 0 radical (unpaired) electrons. The fourth-order valence-corrected chi connectivity index (χ4v) is 1.93. The van der Waals surface area contributed by atoms with E-state index in [0.717, 1.165) is 37.5 Å². The van der Waals surface area contributed by atoms with Crippen molar-refractivity contribution in [3.63, 3.8) is 0 Å². The lowest BCUT2D eigenvalue weighted by Crippen LogP contribution is -2.21. The van der Waals surface area contributed by atoms with Crippen molar-refractivity contribution in [2.45, 2.75) is 13.3 Å². The number of nitrogens with zero attached hydrogens (tertiary/aromatic N) is 2. The van der Waals surface area contributed by atoms with E-state index >= 15 is 0 Å². The quantitative estimate of drug-likeness (QED) is 0.776. The first-order valence-corrected chi connectivity index (χ1v) is 6.66. The number of pyridine rings is 1. The number of fused-ring (bicyclic) bond motifs is 1. The molecule has 4 heteroatoms. The molecule has 0 aliphatic rings. The van der Waals surface area contributed by atoms with E-state index in [1.165, 1.54) is 5.57 Å². The molecule has 19 heavy (non-hydrogen) atoms. The molecule has 0 aromatic carbocycles. The number of methoxy groups -OCH3 is 1. The zero-order valence-electron chi connectivity index (χ0n) is 11.6. The van der Waals surface area contributed by atoms with Crippen molar-refractivity contribution >= 4 is 11.7 Å². The van der Waals surface area contributed by atoms with E-state index < -0.39 is 0 Å². The van der Waals surface area contributed by atoms with Crippen molar-refractivity contribution < 1.29 is 4.74 Å². The van der Waals surface area contributed by atoms with Crippen LogP contribution in [0, 0.1) is 0 Å². The Bertz CT molecular complexity index is 512. The Labute approximate surface area is 114 Å². The molecule has 0 fully saturated rings. The number of hydrogen-bond donors (Lipinski definition) is 1. The molecule has 2 heterocycles. The Kier molecular flexibility index (Phi) is 5.12. The van der Waals surface area contributed by atoms with Crippen LogP contribution in [-0.4, -0.2) is 36.2 Å². The van der Waals surface area contributed by atoms with Crippen LogP contribution in [0.1, 0.15) is 19.0 Å². The van der Waals surface area contributed by atoms with Gasteiger partial charge >= 0.3 is 0 Å². The van der Waals surface area contributed by atoms with Crippen LogP contribution in [-0.2, 0) is 4.74 Å². The van der Waals surface area contributed by atoms with Crippen LogP contribution in [0.15, 0.2) is 36.2 Å². The lowest BCUT2D eigenvalue weighted by Gasteiger charge is -2.06. The second-order valence-corrected chi connectivity index (χ2v) is 4.46. The summed E-state index contributed by atoms with van der Waals surface area (Å²) in [5.41, 5.74) is 3.34. The minimum atomic E-state index is 0.741. The largest absolute Gasteiger partial charge is 0.383 e. The molecule has 2 rings (SSSR count). The minimum Gasteiger partial charge on any atom is -0.383 e. The van der Waals surface area contributed by atoms with Crippen molar-refractivity contribution in [2.24, 2.45) is 0 Å². The highest BCUT2D eigenvalue weighted by Crippen LogP contribution is 2.10. The van der Waals surface area contributed by atoms with Gasteiger partial charge in [-0.05, 0) is 24.6 Å². The number of imidazole rings is 1.